The molecule has 0 heterocycles. The van der Waals surface area contributed by atoms with Crippen molar-refractivity contribution in [2.45, 2.75) is 26.1 Å². The number of carbonyl (C=O) groups is 1. The maximum absolute atomic E-state index is 9.00. The Morgan fingerprint density at radius 1 is 1.25 bits per heavy atom. The second-order valence-electron chi connectivity index (χ2n) is 2.33. The average molecular weight is 176 g/mol. The van der Waals surface area contributed by atoms with E-state index >= 15 is 0 Å². The normalized spacial score (nSPS) is 13.7. The molecule has 0 saturated heterocycles. The van der Waals surface area contributed by atoms with Gasteiger partial charge in [-0.05, 0) is 19.4 Å². The standard InChI is InChI=1S/C6H12O2.CH4N2O/c1-4(5(2)7)6(3)8;2-1(3)4/h5-8H,1H2,2-3H3;(H4,2,3,4). The minimum atomic E-state index is -0.833. The zero-order valence-electron chi connectivity index (χ0n) is 7.32. The minimum Gasteiger partial charge on any atom is -0.389 e. The Bertz CT molecular complexity index is 141. The van der Waals surface area contributed by atoms with Crippen molar-refractivity contribution in [3.63, 3.8) is 0 Å². The van der Waals surface area contributed by atoms with E-state index in [0.717, 1.165) is 0 Å². The second-order valence-corrected chi connectivity index (χ2v) is 2.33. The molecule has 2 atom stereocenters. The molecular formula is C7H16N2O3. The lowest BCUT2D eigenvalue weighted by atomic mass is 10.1. The molecule has 72 valence electrons. The average Bonchev–Trinajstić information content (AvgIpc) is 1.84. The van der Waals surface area contributed by atoms with E-state index in [4.69, 9.17) is 15.0 Å². The van der Waals surface area contributed by atoms with E-state index in [9.17, 15) is 0 Å². The van der Waals surface area contributed by atoms with Crippen LogP contribution in [0.5, 0.6) is 0 Å². The van der Waals surface area contributed by atoms with Crippen LogP contribution in [0.4, 0.5) is 4.79 Å². The van der Waals surface area contributed by atoms with Gasteiger partial charge in [0.2, 0.25) is 0 Å². The molecule has 0 radical (unpaired) electrons. The number of nitrogens with two attached hydrogens (primary N) is 2. The number of amides is 2. The summed E-state index contributed by atoms with van der Waals surface area (Å²) in [5.41, 5.74) is 8.96. The summed E-state index contributed by atoms with van der Waals surface area (Å²) >= 11 is 0. The monoisotopic (exact) mass is 176 g/mol. The first kappa shape index (κ1) is 13.5. The summed E-state index contributed by atoms with van der Waals surface area (Å²) < 4.78 is 0. The van der Waals surface area contributed by atoms with Gasteiger partial charge < -0.3 is 21.7 Å². The first-order chi connectivity index (χ1) is 5.29. The van der Waals surface area contributed by atoms with Crippen LogP contribution in [0, 0.1) is 0 Å². The molecule has 0 saturated carbocycles. The van der Waals surface area contributed by atoms with Crippen LogP contribution >= 0.6 is 0 Å². The van der Waals surface area contributed by atoms with Gasteiger partial charge in [-0.3, -0.25) is 0 Å². The van der Waals surface area contributed by atoms with Crippen LogP contribution in [-0.4, -0.2) is 28.5 Å². The first-order valence-electron chi connectivity index (χ1n) is 3.38. The highest BCUT2D eigenvalue weighted by atomic mass is 16.3. The summed E-state index contributed by atoms with van der Waals surface area (Å²) in [6.45, 7) is 6.61. The molecule has 0 aliphatic rings. The molecule has 6 N–H and O–H groups in total. The Morgan fingerprint density at radius 3 is 1.42 bits per heavy atom. The van der Waals surface area contributed by atoms with Crippen LogP contribution in [0.25, 0.3) is 0 Å². The van der Waals surface area contributed by atoms with Gasteiger partial charge >= 0.3 is 6.03 Å². The number of carbonyl (C=O) groups excluding carboxylic acids is 1. The second kappa shape index (κ2) is 6.63. The smallest absolute Gasteiger partial charge is 0.309 e. The minimum absolute atomic E-state index is 0.463. The summed E-state index contributed by atoms with van der Waals surface area (Å²) in [4.78, 5) is 9.00. The number of hydrogen-bond donors (Lipinski definition) is 4. The largest absolute Gasteiger partial charge is 0.389 e. The third-order valence-corrected chi connectivity index (χ3v) is 1.07. The van der Waals surface area contributed by atoms with E-state index in [0.29, 0.717) is 5.57 Å². The summed E-state index contributed by atoms with van der Waals surface area (Å²) in [6, 6.07) is -0.833. The molecule has 0 fully saturated rings. The Kier molecular flexibility index (Phi) is 7.47. The SMILES string of the molecule is C=C(C(C)O)C(C)O.NC(N)=O. The number of hydrogen-bond acceptors (Lipinski definition) is 3. The number of urea groups is 1. The molecule has 0 spiro atoms. The van der Waals surface area contributed by atoms with E-state index in [1.54, 1.807) is 13.8 Å². The zero-order chi connectivity index (χ0) is 10.3. The molecule has 0 aliphatic carbocycles. The van der Waals surface area contributed by atoms with Crippen LogP contribution in [0.3, 0.4) is 0 Å². The molecule has 0 rings (SSSR count). The van der Waals surface area contributed by atoms with Gasteiger partial charge in [-0.15, -0.1) is 0 Å². The summed E-state index contributed by atoms with van der Waals surface area (Å²) in [5, 5.41) is 17.5. The first-order valence-corrected chi connectivity index (χ1v) is 3.38. The maximum Gasteiger partial charge on any atom is 0.309 e. The van der Waals surface area contributed by atoms with Crippen molar-refractivity contribution in [2.75, 3.05) is 0 Å². The number of primary amides is 2. The summed E-state index contributed by atoms with van der Waals surface area (Å²) in [7, 11) is 0. The fraction of sp³-hybridized carbons (Fsp3) is 0.571. The Labute approximate surface area is 71.7 Å². The van der Waals surface area contributed by atoms with Gasteiger partial charge in [0.05, 0.1) is 12.2 Å². The van der Waals surface area contributed by atoms with Crippen molar-refractivity contribution < 1.29 is 15.0 Å². The maximum atomic E-state index is 9.00. The molecule has 0 aromatic heterocycles. The molecule has 5 heteroatoms. The highest BCUT2D eigenvalue weighted by Gasteiger charge is 2.05. The van der Waals surface area contributed by atoms with Gasteiger partial charge in [0.15, 0.2) is 0 Å². The van der Waals surface area contributed by atoms with Crippen LogP contribution in [0.1, 0.15) is 13.8 Å². The lowest BCUT2D eigenvalue weighted by Crippen LogP contribution is -2.18. The van der Waals surface area contributed by atoms with Gasteiger partial charge in [-0.1, -0.05) is 6.58 Å². The highest BCUT2D eigenvalue weighted by Crippen LogP contribution is 2.02. The summed E-state index contributed by atoms with van der Waals surface area (Å²) in [6.07, 6.45) is -1.20. The predicted molar refractivity (Wildman–Crippen MR) is 46.3 cm³/mol. The van der Waals surface area contributed by atoms with Crippen LogP contribution in [0.2, 0.25) is 0 Å². The topological polar surface area (TPSA) is 110 Å². The fourth-order valence-electron chi connectivity index (χ4n) is 0.349. The molecule has 5 nitrogen and oxygen atoms in total. The van der Waals surface area contributed by atoms with Crippen molar-refractivity contribution in [3.05, 3.63) is 12.2 Å². The van der Waals surface area contributed by atoms with E-state index in [-0.39, 0.29) is 0 Å². The number of aliphatic hydroxyl groups is 2. The molecule has 2 amide bonds. The van der Waals surface area contributed by atoms with Crippen molar-refractivity contribution in [1.29, 1.82) is 0 Å². The van der Waals surface area contributed by atoms with Crippen LogP contribution in [-0.2, 0) is 0 Å². The third-order valence-electron chi connectivity index (χ3n) is 1.07. The van der Waals surface area contributed by atoms with Crippen molar-refractivity contribution in [2.24, 2.45) is 11.5 Å². The number of rotatable bonds is 2. The van der Waals surface area contributed by atoms with Gasteiger partial charge in [0.25, 0.3) is 0 Å². The van der Waals surface area contributed by atoms with E-state index < -0.39 is 18.2 Å². The van der Waals surface area contributed by atoms with Gasteiger partial charge in [0.1, 0.15) is 0 Å². The molecule has 0 bridgehead atoms. The van der Waals surface area contributed by atoms with Gasteiger partial charge in [-0.2, -0.15) is 0 Å². The van der Waals surface area contributed by atoms with Crippen molar-refractivity contribution >= 4 is 6.03 Å². The fourth-order valence-corrected chi connectivity index (χ4v) is 0.349. The number of aliphatic hydroxyl groups excluding tert-OH is 2. The molecule has 0 aromatic carbocycles. The molecule has 0 aromatic rings. The molecule has 12 heavy (non-hydrogen) atoms. The van der Waals surface area contributed by atoms with Gasteiger partial charge in [-0.25, -0.2) is 4.79 Å². The molecule has 0 aliphatic heterocycles. The van der Waals surface area contributed by atoms with E-state index in [1.807, 2.05) is 0 Å². The Morgan fingerprint density at radius 2 is 1.42 bits per heavy atom. The van der Waals surface area contributed by atoms with Crippen LogP contribution < -0.4 is 11.5 Å². The molecule has 2 unspecified atom stereocenters. The Balaban J connectivity index is 0. The predicted octanol–water partition coefficient (Wildman–Crippen LogP) is -0.672. The third kappa shape index (κ3) is 11.7. The highest BCUT2D eigenvalue weighted by molar-refractivity contribution is 5.69. The quantitative estimate of drug-likeness (QED) is 0.419. The zero-order valence-corrected chi connectivity index (χ0v) is 7.32. The lowest BCUT2D eigenvalue weighted by molar-refractivity contribution is 0.165. The van der Waals surface area contributed by atoms with Crippen molar-refractivity contribution in [3.8, 4) is 0 Å². The summed E-state index contributed by atoms with van der Waals surface area (Å²) in [5.74, 6) is 0. The lowest BCUT2D eigenvalue weighted by Gasteiger charge is -2.09. The Hall–Kier alpha value is -1.07. The van der Waals surface area contributed by atoms with Crippen LogP contribution in [0.15, 0.2) is 12.2 Å². The van der Waals surface area contributed by atoms with Crippen molar-refractivity contribution in [1.82, 2.24) is 0 Å². The van der Waals surface area contributed by atoms with E-state index in [2.05, 4.69) is 18.0 Å². The van der Waals surface area contributed by atoms with Gasteiger partial charge in [0, 0.05) is 0 Å². The molecular weight excluding hydrogens is 160 g/mol. The van der Waals surface area contributed by atoms with E-state index in [1.165, 1.54) is 0 Å².